The van der Waals surface area contributed by atoms with Crippen LogP contribution < -0.4 is 11.1 Å². The van der Waals surface area contributed by atoms with Gasteiger partial charge in [-0.25, -0.2) is 8.78 Å². The molecule has 0 unspecified atom stereocenters. The van der Waals surface area contributed by atoms with Crippen LogP contribution in [0, 0.1) is 11.6 Å². The summed E-state index contributed by atoms with van der Waals surface area (Å²) in [7, 11) is 0. The van der Waals surface area contributed by atoms with E-state index in [4.69, 9.17) is 5.73 Å². The Morgan fingerprint density at radius 1 is 1.06 bits per heavy atom. The van der Waals surface area contributed by atoms with E-state index in [1.54, 1.807) is 6.07 Å². The Hall–Kier alpha value is -2.24. The first-order valence-corrected chi connectivity index (χ1v) is 4.46. The molecular formula is C10H8F2N4. The van der Waals surface area contributed by atoms with Gasteiger partial charge in [0.25, 0.3) is 0 Å². The number of aromatic nitrogens is 2. The SMILES string of the molecule is Nc1ccc(Nc2ccc(F)cc2F)nn1. The number of benzene rings is 1. The molecule has 0 atom stereocenters. The lowest BCUT2D eigenvalue weighted by Gasteiger charge is -2.05. The zero-order valence-corrected chi connectivity index (χ0v) is 8.11. The fourth-order valence-corrected chi connectivity index (χ4v) is 1.14. The average Bonchev–Trinajstić information content (AvgIpc) is 2.25. The van der Waals surface area contributed by atoms with Gasteiger partial charge in [0.05, 0.1) is 5.69 Å². The number of hydrogen-bond donors (Lipinski definition) is 2. The van der Waals surface area contributed by atoms with Crippen molar-refractivity contribution in [2.75, 3.05) is 11.1 Å². The molecule has 82 valence electrons. The lowest BCUT2D eigenvalue weighted by molar-refractivity contribution is 0.586. The highest BCUT2D eigenvalue weighted by Crippen LogP contribution is 2.18. The third-order valence-electron chi connectivity index (χ3n) is 1.88. The maximum Gasteiger partial charge on any atom is 0.153 e. The van der Waals surface area contributed by atoms with Crippen molar-refractivity contribution in [3.63, 3.8) is 0 Å². The molecule has 1 heterocycles. The number of halogens is 2. The maximum absolute atomic E-state index is 13.2. The van der Waals surface area contributed by atoms with Crippen LogP contribution in [0.1, 0.15) is 0 Å². The lowest BCUT2D eigenvalue weighted by Crippen LogP contribution is -1.99. The van der Waals surface area contributed by atoms with Crippen LogP contribution in [0.25, 0.3) is 0 Å². The van der Waals surface area contributed by atoms with E-state index in [0.717, 1.165) is 12.1 Å². The van der Waals surface area contributed by atoms with Gasteiger partial charge in [-0.2, -0.15) is 0 Å². The summed E-state index contributed by atoms with van der Waals surface area (Å²) in [5.74, 6) is -0.727. The van der Waals surface area contributed by atoms with Gasteiger partial charge in [0.15, 0.2) is 5.82 Å². The first-order valence-electron chi connectivity index (χ1n) is 4.46. The van der Waals surface area contributed by atoms with Crippen molar-refractivity contribution in [2.24, 2.45) is 0 Å². The van der Waals surface area contributed by atoms with Crippen molar-refractivity contribution in [2.45, 2.75) is 0 Å². The molecule has 2 aromatic rings. The zero-order valence-electron chi connectivity index (χ0n) is 8.11. The summed E-state index contributed by atoms with van der Waals surface area (Å²) in [6.45, 7) is 0. The Morgan fingerprint density at radius 3 is 2.50 bits per heavy atom. The standard InChI is InChI=1S/C10H8F2N4/c11-6-1-2-8(7(12)5-6)14-10-4-3-9(13)15-16-10/h1-5H,(H2,13,15)(H,14,16). The van der Waals surface area contributed by atoms with Crippen molar-refractivity contribution in [1.82, 2.24) is 10.2 Å². The Morgan fingerprint density at radius 2 is 1.88 bits per heavy atom. The molecule has 0 spiro atoms. The van der Waals surface area contributed by atoms with Crippen molar-refractivity contribution >= 4 is 17.3 Å². The molecule has 0 saturated carbocycles. The molecule has 0 saturated heterocycles. The van der Waals surface area contributed by atoms with Gasteiger partial charge < -0.3 is 11.1 Å². The van der Waals surface area contributed by atoms with Crippen LogP contribution in [-0.4, -0.2) is 10.2 Å². The van der Waals surface area contributed by atoms with E-state index < -0.39 is 11.6 Å². The summed E-state index contributed by atoms with van der Waals surface area (Å²) in [6.07, 6.45) is 0. The molecule has 1 aromatic heterocycles. The van der Waals surface area contributed by atoms with Crippen LogP contribution in [0.2, 0.25) is 0 Å². The fourth-order valence-electron chi connectivity index (χ4n) is 1.14. The number of rotatable bonds is 2. The molecule has 0 amide bonds. The Labute approximate surface area is 90.1 Å². The smallest absolute Gasteiger partial charge is 0.153 e. The highest BCUT2D eigenvalue weighted by Gasteiger charge is 2.04. The van der Waals surface area contributed by atoms with E-state index in [0.29, 0.717) is 5.82 Å². The number of nitrogens with two attached hydrogens (primary N) is 1. The van der Waals surface area contributed by atoms with Gasteiger partial charge in [-0.05, 0) is 24.3 Å². The van der Waals surface area contributed by atoms with Gasteiger partial charge in [-0.1, -0.05) is 0 Å². The van der Waals surface area contributed by atoms with E-state index in [1.807, 2.05) is 0 Å². The minimum atomic E-state index is -0.696. The second-order valence-electron chi connectivity index (χ2n) is 3.09. The number of nitrogens with one attached hydrogen (secondary N) is 1. The molecule has 1 aromatic carbocycles. The van der Waals surface area contributed by atoms with E-state index in [9.17, 15) is 8.78 Å². The highest BCUT2D eigenvalue weighted by atomic mass is 19.1. The monoisotopic (exact) mass is 222 g/mol. The molecule has 0 radical (unpaired) electrons. The average molecular weight is 222 g/mol. The van der Waals surface area contributed by atoms with Crippen molar-refractivity contribution in [1.29, 1.82) is 0 Å². The molecule has 0 aliphatic heterocycles. The number of nitrogens with zero attached hydrogens (tertiary/aromatic N) is 2. The van der Waals surface area contributed by atoms with Gasteiger partial charge in [-0.15, -0.1) is 10.2 Å². The summed E-state index contributed by atoms with van der Waals surface area (Å²) in [5.41, 5.74) is 5.47. The predicted molar refractivity (Wildman–Crippen MR) is 56.1 cm³/mol. The van der Waals surface area contributed by atoms with Crippen molar-refractivity contribution in [3.8, 4) is 0 Å². The van der Waals surface area contributed by atoms with Gasteiger partial charge in [0.1, 0.15) is 17.5 Å². The maximum atomic E-state index is 13.2. The third kappa shape index (κ3) is 2.22. The molecular weight excluding hydrogens is 214 g/mol. The van der Waals surface area contributed by atoms with E-state index in [1.165, 1.54) is 12.1 Å². The first kappa shape index (κ1) is 10.3. The second kappa shape index (κ2) is 4.09. The predicted octanol–water partition coefficient (Wildman–Crippen LogP) is 2.08. The molecule has 2 rings (SSSR count). The normalized spacial score (nSPS) is 10.1. The summed E-state index contributed by atoms with van der Waals surface area (Å²) < 4.78 is 25.9. The Kier molecular flexibility index (Phi) is 2.63. The van der Waals surface area contributed by atoms with Crippen molar-refractivity contribution < 1.29 is 8.78 Å². The van der Waals surface area contributed by atoms with Crippen LogP contribution in [0.3, 0.4) is 0 Å². The quantitative estimate of drug-likeness (QED) is 0.816. The Bertz CT molecular complexity index is 499. The van der Waals surface area contributed by atoms with Gasteiger partial charge in [-0.3, -0.25) is 0 Å². The van der Waals surface area contributed by atoms with Gasteiger partial charge in [0, 0.05) is 6.07 Å². The summed E-state index contributed by atoms with van der Waals surface area (Å²) in [5, 5.41) is 9.94. The Balaban J connectivity index is 2.23. The highest BCUT2D eigenvalue weighted by molar-refractivity contribution is 5.56. The van der Waals surface area contributed by atoms with Crippen LogP contribution >= 0.6 is 0 Å². The largest absolute Gasteiger partial charge is 0.382 e. The molecule has 0 bridgehead atoms. The summed E-state index contributed by atoms with van der Waals surface area (Å²) in [4.78, 5) is 0. The molecule has 0 fully saturated rings. The van der Waals surface area contributed by atoms with E-state index in [2.05, 4.69) is 15.5 Å². The molecule has 4 nitrogen and oxygen atoms in total. The number of nitrogen functional groups attached to an aromatic ring is 1. The lowest BCUT2D eigenvalue weighted by atomic mass is 10.3. The summed E-state index contributed by atoms with van der Waals surface area (Å²) >= 11 is 0. The van der Waals surface area contributed by atoms with Gasteiger partial charge >= 0.3 is 0 Å². The van der Waals surface area contributed by atoms with Crippen molar-refractivity contribution in [3.05, 3.63) is 42.0 Å². The molecule has 3 N–H and O–H groups in total. The number of anilines is 3. The first-order chi connectivity index (χ1) is 7.65. The fraction of sp³-hybridized carbons (Fsp3) is 0. The molecule has 16 heavy (non-hydrogen) atoms. The minimum Gasteiger partial charge on any atom is -0.382 e. The van der Waals surface area contributed by atoms with Gasteiger partial charge in [0.2, 0.25) is 0 Å². The van der Waals surface area contributed by atoms with Crippen LogP contribution in [0.15, 0.2) is 30.3 Å². The molecule has 6 heteroatoms. The van der Waals surface area contributed by atoms with Crippen LogP contribution in [-0.2, 0) is 0 Å². The van der Waals surface area contributed by atoms with Crippen LogP contribution in [0.4, 0.5) is 26.1 Å². The van der Waals surface area contributed by atoms with E-state index >= 15 is 0 Å². The third-order valence-corrected chi connectivity index (χ3v) is 1.88. The van der Waals surface area contributed by atoms with E-state index in [-0.39, 0.29) is 11.5 Å². The van der Waals surface area contributed by atoms with Crippen LogP contribution in [0.5, 0.6) is 0 Å². The molecule has 0 aliphatic rings. The summed E-state index contributed by atoms with van der Waals surface area (Å²) in [6, 6.07) is 6.29. The second-order valence-corrected chi connectivity index (χ2v) is 3.09. The number of hydrogen-bond acceptors (Lipinski definition) is 4. The topological polar surface area (TPSA) is 63.8 Å². The zero-order chi connectivity index (χ0) is 11.5. The molecule has 0 aliphatic carbocycles. The minimum absolute atomic E-state index is 0.125.